The van der Waals surface area contributed by atoms with Crippen LogP contribution in [0.15, 0.2) is 84.0 Å². The highest BCUT2D eigenvalue weighted by molar-refractivity contribution is 6.05. The molecule has 1 fully saturated rings. The number of allylic oxidation sites excluding steroid dienone is 2. The molecule has 4 unspecified atom stereocenters. The lowest BCUT2D eigenvalue weighted by Crippen LogP contribution is -2.33. The third-order valence-electron chi connectivity index (χ3n) is 7.67. The molecule has 2 aliphatic carbocycles. The Morgan fingerprint density at radius 2 is 1.78 bits per heavy atom. The van der Waals surface area contributed by atoms with E-state index in [0.717, 1.165) is 46.2 Å². The van der Waals surface area contributed by atoms with Crippen LogP contribution in [0.2, 0.25) is 0 Å². The fourth-order valence-electron chi connectivity index (χ4n) is 5.73. The number of benzene rings is 3. The number of hydrazone groups is 1. The quantitative estimate of drug-likeness (QED) is 0.356. The summed E-state index contributed by atoms with van der Waals surface area (Å²) in [6, 6.07) is 21.8. The monoisotopic (exact) mass is 480 g/mol. The van der Waals surface area contributed by atoms with Crippen molar-refractivity contribution in [2.24, 2.45) is 22.9 Å². The highest BCUT2D eigenvalue weighted by atomic mass is 16.5. The number of carbonyl (C=O) groups is 2. The molecule has 3 aromatic rings. The molecule has 3 aliphatic rings. The molecule has 1 amide bonds. The number of esters is 1. The Labute approximate surface area is 210 Å². The highest BCUT2D eigenvalue weighted by Gasteiger charge is 2.41. The number of rotatable bonds is 6. The number of amides is 1. The van der Waals surface area contributed by atoms with Crippen LogP contribution in [0.25, 0.3) is 10.8 Å². The van der Waals surface area contributed by atoms with Gasteiger partial charge in [-0.15, -0.1) is 0 Å². The Bertz CT molecular complexity index is 1380. The number of nitrogens with zero attached hydrogens (tertiary/aromatic N) is 2. The Hall–Kier alpha value is -3.93. The number of ether oxygens (including phenoxy) is 2. The summed E-state index contributed by atoms with van der Waals surface area (Å²) >= 11 is 0. The van der Waals surface area contributed by atoms with E-state index in [2.05, 4.69) is 36.4 Å². The minimum Gasteiger partial charge on any atom is -0.497 e. The van der Waals surface area contributed by atoms with Crippen molar-refractivity contribution in [2.45, 2.75) is 25.3 Å². The molecule has 1 aliphatic heterocycles. The molecule has 0 spiro atoms. The maximum Gasteiger partial charge on any atom is 0.310 e. The first-order valence-electron chi connectivity index (χ1n) is 12.5. The number of fused-ring (bicyclic) bond motifs is 3. The van der Waals surface area contributed by atoms with Crippen molar-refractivity contribution in [1.82, 2.24) is 5.01 Å². The molecule has 0 aromatic heterocycles. The molecular weight excluding hydrogens is 452 g/mol. The van der Waals surface area contributed by atoms with Gasteiger partial charge in [0.25, 0.3) is 5.91 Å². The van der Waals surface area contributed by atoms with E-state index in [0.29, 0.717) is 12.3 Å². The summed E-state index contributed by atoms with van der Waals surface area (Å²) in [7, 11) is 1.63. The van der Waals surface area contributed by atoms with Crippen LogP contribution < -0.4 is 4.74 Å². The van der Waals surface area contributed by atoms with E-state index in [-0.39, 0.29) is 36.4 Å². The molecule has 1 saturated carbocycles. The van der Waals surface area contributed by atoms with Crippen LogP contribution in [0.4, 0.5) is 0 Å². The summed E-state index contributed by atoms with van der Waals surface area (Å²) in [5, 5.41) is 8.51. The van der Waals surface area contributed by atoms with Crippen molar-refractivity contribution in [3.8, 4) is 5.75 Å². The Balaban J connectivity index is 1.24. The third-order valence-corrected chi connectivity index (χ3v) is 7.67. The Kier molecular flexibility index (Phi) is 5.80. The predicted molar refractivity (Wildman–Crippen MR) is 137 cm³/mol. The number of carbonyl (C=O) groups excluding carboxylic acids is 2. The van der Waals surface area contributed by atoms with Gasteiger partial charge in [0.1, 0.15) is 5.75 Å². The van der Waals surface area contributed by atoms with Gasteiger partial charge in [0.05, 0.1) is 24.8 Å². The SMILES string of the molecule is COc1ccc(C2CC(c3ccc4ccccc4c3)=NN2C(=O)COC(=O)C2CC3C=CC2C3)cc1. The molecular formula is C30H28N2O4. The first-order chi connectivity index (χ1) is 17.6. The van der Waals surface area contributed by atoms with E-state index in [1.165, 1.54) is 5.01 Å². The topological polar surface area (TPSA) is 68.2 Å². The first kappa shape index (κ1) is 22.5. The predicted octanol–water partition coefficient (Wildman–Crippen LogP) is 5.28. The molecule has 182 valence electrons. The maximum absolute atomic E-state index is 13.3. The van der Waals surface area contributed by atoms with Crippen LogP contribution in [0.5, 0.6) is 5.75 Å². The standard InChI is InChI=1S/C30H28N2O4/c1-35-25-12-10-21(11-13-25)28-17-27(24-9-8-20-4-2-3-5-22(20)16-24)31-32(28)29(33)18-36-30(34)26-15-19-6-7-23(26)14-19/h2-13,16,19,23,26,28H,14-15,17-18H2,1H3. The van der Waals surface area contributed by atoms with Crippen molar-refractivity contribution in [3.05, 3.63) is 90.0 Å². The van der Waals surface area contributed by atoms with Gasteiger partial charge in [-0.05, 0) is 64.8 Å². The summed E-state index contributed by atoms with van der Waals surface area (Å²) in [6.45, 7) is -0.308. The minimum absolute atomic E-state index is 0.138. The van der Waals surface area contributed by atoms with Gasteiger partial charge >= 0.3 is 5.97 Å². The molecule has 1 heterocycles. The molecule has 36 heavy (non-hydrogen) atoms. The zero-order chi connectivity index (χ0) is 24.6. The highest BCUT2D eigenvalue weighted by Crippen LogP contribution is 2.44. The summed E-state index contributed by atoms with van der Waals surface area (Å²) in [4.78, 5) is 26.0. The second-order valence-corrected chi connectivity index (χ2v) is 9.83. The second kappa shape index (κ2) is 9.26. The average Bonchev–Trinajstić information content (AvgIpc) is 3.68. The molecule has 0 saturated heterocycles. The molecule has 0 radical (unpaired) electrons. The fraction of sp³-hybridized carbons (Fsp3) is 0.300. The van der Waals surface area contributed by atoms with E-state index in [1.54, 1.807) is 7.11 Å². The van der Waals surface area contributed by atoms with Crippen LogP contribution in [0.1, 0.15) is 36.4 Å². The number of hydrogen-bond donors (Lipinski definition) is 0. The largest absolute Gasteiger partial charge is 0.497 e. The van der Waals surface area contributed by atoms with Crippen LogP contribution >= 0.6 is 0 Å². The normalized spacial score (nSPS) is 24.2. The van der Waals surface area contributed by atoms with Crippen molar-refractivity contribution < 1.29 is 19.1 Å². The number of hydrogen-bond acceptors (Lipinski definition) is 5. The molecule has 2 bridgehead atoms. The molecule has 0 N–H and O–H groups in total. The van der Waals surface area contributed by atoms with Gasteiger partial charge in [0.2, 0.25) is 0 Å². The van der Waals surface area contributed by atoms with Gasteiger partial charge in [-0.3, -0.25) is 9.59 Å². The summed E-state index contributed by atoms with van der Waals surface area (Å²) in [5.41, 5.74) is 2.76. The van der Waals surface area contributed by atoms with Crippen LogP contribution in [-0.2, 0) is 14.3 Å². The fourth-order valence-corrected chi connectivity index (χ4v) is 5.73. The number of methoxy groups -OCH3 is 1. The van der Waals surface area contributed by atoms with Gasteiger partial charge in [0.15, 0.2) is 6.61 Å². The summed E-state index contributed by atoms with van der Waals surface area (Å²) in [5.74, 6) is 0.724. The molecule has 6 rings (SSSR count). The van der Waals surface area contributed by atoms with E-state index in [4.69, 9.17) is 14.6 Å². The summed E-state index contributed by atoms with van der Waals surface area (Å²) in [6.07, 6.45) is 6.70. The minimum atomic E-state index is -0.321. The lowest BCUT2D eigenvalue weighted by atomic mass is 9.94. The lowest BCUT2D eigenvalue weighted by molar-refractivity contribution is -0.156. The second-order valence-electron chi connectivity index (χ2n) is 9.83. The third kappa shape index (κ3) is 4.17. The van der Waals surface area contributed by atoms with E-state index in [1.807, 2.05) is 42.5 Å². The molecule has 4 atom stereocenters. The molecule has 3 aromatic carbocycles. The average molecular weight is 481 g/mol. The Morgan fingerprint density at radius 3 is 2.50 bits per heavy atom. The maximum atomic E-state index is 13.3. The van der Waals surface area contributed by atoms with Crippen LogP contribution in [-0.4, -0.2) is 36.3 Å². The lowest BCUT2D eigenvalue weighted by Gasteiger charge is -2.23. The smallest absolute Gasteiger partial charge is 0.310 e. The van der Waals surface area contributed by atoms with E-state index >= 15 is 0 Å². The van der Waals surface area contributed by atoms with Crippen LogP contribution in [0, 0.1) is 17.8 Å². The van der Waals surface area contributed by atoms with E-state index in [9.17, 15) is 9.59 Å². The van der Waals surface area contributed by atoms with Gasteiger partial charge in [-0.1, -0.05) is 60.7 Å². The molecule has 6 heteroatoms. The van der Waals surface area contributed by atoms with Crippen LogP contribution in [0.3, 0.4) is 0 Å². The summed E-state index contributed by atoms with van der Waals surface area (Å²) < 4.78 is 10.8. The van der Waals surface area contributed by atoms with Crippen molar-refractivity contribution >= 4 is 28.4 Å². The van der Waals surface area contributed by atoms with E-state index < -0.39 is 0 Å². The van der Waals surface area contributed by atoms with Crippen molar-refractivity contribution in [1.29, 1.82) is 0 Å². The molecule has 6 nitrogen and oxygen atoms in total. The zero-order valence-corrected chi connectivity index (χ0v) is 20.2. The van der Waals surface area contributed by atoms with Gasteiger partial charge in [0, 0.05) is 6.42 Å². The first-order valence-corrected chi connectivity index (χ1v) is 12.5. The van der Waals surface area contributed by atoms with Crippen molar-refractivity contribution in [2.75, 3.05) is 13.7 Å². The van der Waals surface area contributed by atoms with Gasteiger partial charge in [-0.2, -0.15) is 5.10 Å². The van der Waals surface area contributed by atoms with Gasteiger partial charge < -0.3 is 9.47 Å². The Morgan fingerprint density at radius 1 is 0.972 bits per heavy atom. The van der Waals surface area contributed by atoms with Gasteiger partial charge in [-0.25, -0.2) is 5.01 Å². The van der Waals surface area contributed by atoms with Crippen molar-refractivity contribution in [3.63, 3.8) is 0 Å². The zero-order valence-electron chi connectivity index (χ0n) is 20.2.